The third-order valence-electron chi connectivity index (χ3n) is 1.89. The smallest absolute Gasteiger partial charge is 0.411 e. The zero-order valence-corrected chi connectivity index (χ0v) is 10.3. The van der Waals surface area contributed by atoms with Crippen LogP contribution in [0.4, 0.5) is 19.0 Å². The molecule has 0 fully saturated rings. The van der Waals surface area contributed by atoms with Gasteiger partial charge in [-0.25, -0.2) is 9.78 Å². The first kappa shape index (κ1) is 15.5. The predicted molar refractivity (Wildman–Crippen MR) is 61.6 cm³/mol. The number of carboxylic acid groups (broad SMARTS) is 1. The van der Waals surface area contributed by atoms with Crippen molar-refractivity contribution in [3.05, 3.63) is 22.8 Å². The molecule has 1 aromatic heterocycles. The van der Waals surface area contributed by atoms with Crippen LogP contribution in [0.3, 0.4) is 0 Å². The van der Waals surface area contributed by atoms with E-state index in [2.05, 4.69) is 15.0 Å². The van der Waals surface area contributed by atoms with Gasteiger partial charge in [0.25, 0.3) is 0 Å². The second kappa shape index (κ2) is 6.58. The van der Waals surface area contributed by atoms with Crippen molar-refractivity contribution in [3.8, 4) is 0 Å². The number of aromatic nitrogens is 1. The maximum atomic E-state index is 11.8. The molecule has 0 radical (unpaired) electrons. The highest BCUT2D eigenvalue weighted by Crippen LogP contribution is 2.20. The van der Waals surface area contributed by atoms with E-state index >= 15 is 0 Å². The summed E-state index contributed by atoms with van der Waals surface area (Å²) in [5.41, 5.74) is -0.0797. The molecule has 0 aliphatic carbocycles. The van der Waals surface area contributed by atoms with Crippen molar-refractivity contribution < 1.29 is 27.8 Å². The quantitative estimate of drug-likeness (QED) is 0.789. The fourth-order valence-electron chi connectivity index (χ4n) is 1.11. The monoisotopic (exact) mass is 298 g/mol. The zero-order chi connectivity index (χ0) is 14.5. The Labute approximate surface area is 111 Å². The second-order valence-electron chi connectivity index (χ2n) is 3.45. The summed E-state index contributed by atoms with van der Waals surface area (Å²) < 4.78 is 39.6. The SMILES string of the molecule is O=C(O)c1cnc(NCCOCC(F)(F)F)c(Cl)c1. The predicted octanol–water partition coefficient (Wildman–Crippen LogP) is 2.42. The topological polar surface area (TPSA) is 71.5 Å². The molecule has 106 valence electrons. The van der Waals surface area contributed by atoms with Crippen LogP contribution in [0.1, 0.15) is 10.4 Å². The first-order valence-electron chi connectivity index (χ1n) is 5.07. The van der Waals surface area contributed by atoms with E-state index in [1.165, 1.54) is 6.07 Å². The summed E-state index contributed by atoms with van der Waals surface area (Å²) in [5, 5.41) is 11.4. The Balaban J connectivity index is 2.40. The van der Waals surface area contributed by atoms with Crippen LogP contribution in [0.5, 0.6) is 0 Å². The number of ether oxygens (including phenoxy) is 1. The Kier molecular flexibility index (Phi) is 5.37. The molecule has 9 heteroatoms. The van der Waals surface area contributed by atoms with Crippen molar-refractivity contribution in [1.82, 2.24) is 4.98 Å². The molecule has 5 nitrogen and oxygen atoms in total. The third kappa shape index (κ3) is 5.75. The van der Waals surface area contributed by atoms with Crippen molar-refractivity contribution >= 4 is 23.4 Å². The van der Waals surface area contributed by atoms with Crippen molar-refractivity contribution in [3.63, 3.8) is 0 Å². The summed E-state index contributed by atoms with van der Waals surface area (Å²) in [4.78, 5) is 14.4. The van der Waals surface area contributed by atoms with Gasteiger partial charge in [0.1, 0.15) is 12.4 Å². The van der Waals surface area contributed by atoms with Crippen LogP contribution >= 0.6 is 11.6 Å². The number of rotatable bonds is 6. The highest BCUT2D eigenvalue weighted by molar-refractivity contribution is 6.33. The lowest BCUT2D eigenvalue weighted by atomic mass is 10.3. The highest BCUT2D eigenvalue weighted by atomic mass is 35.5. The number of carbonyl (C=O) groups is 1. The molecular formula is C10H10ClF3N2O3. The van der Waals surface area contributed by atoms with Gasteiger partial charge in [-0.05, 0) is 6.07 Å². The average Bonchev–Trinajstić information content (AvgIpc) is 2.28. The number of anilines is 1. The van der Waals surface area contributed by atoms with Gasteiger partial charge in [0.15, 0.2) is 0 Å². The van der Waals surface area contributed by atoms with Crippen molar-refractivity contribution in [2.75, 3.05) is 25.1 Å². The zero-order valence-electron chi connectivity index (χ0n) is 9.50. The lowest BCUT2D eigenvalue weighted by Crippen LogP contribution is -2.20. The molecule has 0 unspecified atom stereocenters. The van der Waals surface area contributed by atoms with Gasteiger partial charge in [-0.2, -0.15) is 13.2 Å². The molecule has 0 aromatic carbocycles. The van der Waals surface area contributed by atoms with Crippen LogP contribution in [-0.4, -0.2) is 42.0 Å². The molecule has 19 heavy (non-hydrogen) atoms. The van der Waals surface area contributed by atoms with Gasteiger partial charge in [-0.3, -0.25) is 0 Å². The third-order valence-corrected chi connectivity index (χ3v) is 2.18. The Morgan fingerprint density at radius 3 is 2.74 bits per heavy atom. The summed E-state index contributed by atoms with van der Waals surface area (Å²) in [6, 6.07) is 1.19. The molecule has 0 bridgehead atoms. The first-order valence-corrected chi connectivity index (χ1v) is 5.44. The Morgan fingerprint density at radius 1 is 1.53 bits per heavy atom. The van der Waals surface area contributed by atoms with Crippen molar-refractivity contribution in [2.45, 2.75) is 6.18 Å². The molecule has 2 N–H and O–H groups in total. The number of halogens is 4. The van der Waals surface area contributed by atoms with E-state index in [4.69, 9.17) is 16.7 Å². The minimum Gasteiger partial charge on any atom is -0.478 e. The number of alkyl halides is 3. The van der Waals surface area contributed by atoms with Crippen LogP contribution < -0.4 is 5.32 Å². The van der Waals surface area contributed by atoms with Crippen LogP contribution in [0.15, 0.2) is 12.3 Å². The van der Waals surface area contributed by atoms with Crippen molar-refractivity contribution in [2.24, 2.45) is 0 Å². The normalized spacial score (nSPS) is 11.4. The summed E-state index contributed by atoms with van der Waals surface area (Å²) in [6.07, 6.45) is -3.27. The summed E-state index contributed by atoms with van der Waals surface area (Å²) >= 11 is 5.75. The Morgan fingerprint density at radius 2 is 2.21 bits per heavy atom. The summed E-state index contributed by atoms with van der Waals surface area (Å²) in [6.45, 7) is -1.44. The Bertz CT molecular complexity index is 454. The highest BCUT2D eigenvalue weighted by Gasteiger charge is 2.27. The average molecular weight is 299 g/mol. The molecule has 1 heterocycles. The molecule has 0 saturated carbocycles. The van der Waals surface area contributed by atoms with Gasteiger partial charge in [0, 0.05) is 12.7 Å². The van der Waals surface area contributed by atoms with E-state index in [1.54, 1.807) is 0 Å². The number of hydrogen-bond acceptors (Lipinski definition) is 4. The number of aromatic carboxylic acids is 1. The largest absolute Gasteiger partial charge is 0.478 e. The van der Waals surface area contributed by atoms with Crippen molar-refractivity contribution in [1.29, 1.82) is 0 Å². The lowest BCUT2D eigenvalue weighted by Gasteiger charge is -2.09. The van der Waals surface area contributed by atoms with Gasteiger partial charge < -0.3 is 15.2 Å². The van der Waals surface area contributed by atoms with E-state index in [9.17, 15) is 18.0 Å². The van der Waals surface area contributed by atoms with Crippen LogP contribution in [0.2, 0.25) is 5.02 Å². The summed E-state index contributed by atoms with van der Waals surface area (Å²) in [7, 11) is 0. The molecule has 0 saturated heterocycles. The molecule has 0 spiro atoms. The van der Waals surface area contributed by atoms with E-state index in [0.717, 1.165) is 6.20 Å². The van der Waals surface area contributed by atoms with E-state index in [0.29, 0.717) is 0 Å². The maximum absolute atomic E-state index is 11.8. The Hall–Kier alpha value is -1.54. The molecular weight excluding hydrogens is 289 g/mol. The van der Waals surface area contributed by atoms with E-state index in [1.807, 2.05) is 0 Å². The summed E-state index contributed by atoms with van der Waals surface area (Å²) in [5.74, 6) is -0.989. The fourth-order valence-corrected chi connectivity index (χ4v) is 1.35. The minimum atomic E-state index is -4.36. The molecule has 0 aliphatic heterocycles. The standard InChI is InChI=1S/C10H10ClF3N2O3/c11-7-3-6(9(17)18)4-16-8(7)15-1-2-19-5-10(12,13)14/h3-4H,1-2,5H2,(H,15,16)(H,17,18). The van der Waals surface area contributed by atoms with Gasteiger partial charge >= 0.3 is 12.1 Å². The van der Waals surface area contributed by atoms with E-state index in [-0.39, 0.29) is 29.6 Å². The number of carboxylic acids is 1. The van der Waals surface area contributed by atoms with Crippen LogP contribution in [0.25, 0.3) is 0 Å². The number of nitrogens with zero attached hydrogens (tertiary/aromatic N) is 1. The maximum Gasteiger partial charge on any atom is 0.411 e. The fraction of sp³-hybridized carbons (Fsp3) is 0.400. The molecule has 1 aromatic rings. The van der Waals surface area contributed by atoms with Gasteiger partial charge in [0.2, 0.25) is 0 Å². The molecule has 0 aliphatic rings. The van der Waals surface area contributed by atoms with E-state index < -0.39 is 18.8 Å². The van der Waals surface area contributed by atoms with Crippen LogP contribution in [0, 0.1) is 0 Å². The van der Waals surface area contributed by atoms with Gasteiger partial charge in [0.05, 0.1) is 17.2 Å². The van der Waals surface area contributed by atoms with Crippen LogP contribution in [-0.2, 0) is 4.74 Å². The second-order valence-corrected chi connectivity index (χ2v) is 3.86. The number of pyridine rings is 1. The molecule has 0 amide bonds. The number of hydrogen-bond donors (Lipinski definition) is 2. The van der Waals surface area contributed by atoms with Gasteiger partial charge in [-0.15, -0.1) is 0 Å². The minimum absolute atomic E-state index is 0.0647. The first-order chi connectivity index (χ1) is 8.79. The lowest BCUT2D eigenvalue weighted by molar-refractivity contribution is -0.172. The molecule has 0 atom stereocenters. The molecule has 1 rings (SSSR count). The number of nitrogens with one attached hydrogen (secondary N) is 1. The van der Waals surface area contributed by atoms with Gasteiger partial charge in [-0.1, -0.05) is 11.6 Å².